The molecule has 1 aliphatic heterocycles. The molecule has 246 valence electrons. The first-order valence-corrected chi connectivity index (χ1v) is 17.2. The number of para-hydroxylation sites is 2. The zero-order valence-corrected chi connectivity index (χ0v) is 29.9. The molecule has 2 heterocycles. The normalized spacial score (nSPS) is 13.8. The highest BCUT2D eigenvalue weighted by molar-refractivity contribution is 9.10. The predicted molar refractivity (Wildman–Crippen MR) is 193 cm³/mol. The lowest BCUT2D eigenvalue weighted by atomic mass is 9.94. The number of nitrogens with zero attached hydrogens (tertiary/aromatic N) is 3. The second kappa shape index (κ2) is 14.8. The average Bonchev–Trinajstić information content (AvgIpc) is 3.49. The number of carbonyl (C=O) groups is 1. The fraction of sp³-hybridized carbons (Fsp3) is 0.194. The molecule has 6 rings (SSSR count). The Morgan fingerprint density at radius 1 is 1.00 bits per heavy atom. The third kappa shape index (κ3) is 7.18. The quantitative estimate of drug-likeness (QED) is 0.130. The van der Waals surface area contributed by atoms with Crippen molar-refractivity contribution < 1.29 is 19.0 Å². The number of allylic oxidation sites excluding steroid dienone is 1. The summed E-state index contributed by atoms with van der Waals surface area (Å²) in [6, 6.07) is 26.3. The van der Waals surface area contributed by atoms with Gasteiger partial charge in [-0.25, -0.2) is 4.68 Å². The molecule has 1 aromatic heterocycles. The van der Waals surface area contributed by atoms with Gasteiger partial charge in [0.25, 0.3) is 5.91 Å². The maximum atomic E-state index is 14.2. The van der Waals surface area contributed by atoms with Crippen molar-refractivity contribution >= 4 is 56.8 Å². The van der Waals surface area contributed by atoms with Crippen molar-refractivity contribution in [3.8, 4) is 17.2 Å². The molecule has 5 aromatic rings. The van der Waals surface area contributed by atoms with Crippen LogP contribution in [0.15, 0.2) is 106 Å². The van der Waals surface area contributed by atoms with Gasteiger partial charge in [0.15, 0.2) is 11.5 Å². The van der Waals surface area contributed by atoms with Crippen LogP contribution < -0.4 is 24.8 Å². The summed E-state index contributed by atoms with van der Waals surface area (Å²) in [6.07, 6.45) is 0. The Hall–Kier alpha value is -4.45. The predicted octanol–water partition coefficient (Wildman–Crippen LogP) is 8.82. The number of hydrogen-bond acceptors (Lipinski definition) is 8. The van der Waals surface area contributed by atoms with E-state index in [9.17, 15) is 4.79 Å². The number of nitrogens with one attached hydrogen (secondary N) is 2. The molecule has 9 nitrogen and oxygen atoms in total. The van der Waals surface area contributed by atoms with E-state index in [1.807, 2.05) is 86.6 Å². The van der Waals surface area contributed by atoms with E-state index in [2.05, 4.69) is 26.6 Å². The van der Waals surface area contributed by atoms with Gasteiger partial charge in [0.05, 0.1) is 30.0 Å². The smallest absolute Gasteiger partial charge is 0.255 e. The van der Waals surface area contributed by atoms with Crippen LogP contribution >= 0.6 is 39.3 Å². The van der Waals surface area contributed by atoms with Crippen LogP contribution in [0.2, 0.25) is 5.02 Å². The zero-order chi connectivity index (χ0) is 33.8. The Kier molecular flexibility index (Phi) is 10.3. The molecule has 2 N–H and O–H groups in total. The third-order valence-electron chi connectivity index (χ3n) is 7.82. The van der Waals surface area contributed by atoms with Crippen LogP contribution in [0.25, 0.3) is 0 Å². The van der Waals surface area contributed by atoms with E-state index in [1.165, 1.54) is 17.3 Å². The average molecular weight is 747 g/mol. The summed E-state index contributed by atoms with van der Waals surface area (Å²) in [4.78, 5) is 19.0. The number of fused-ring (bicyclic) bond motifs is 1. The van der Waals surface area contributed by atoms with Crippen LogP contribution in [0.4, 0.5) is 11.6 Å². The van der Waals surface area contributed by atoms with E-state index in [0.717, 1.165) is 16.7 Å². The number of benzene rings is 4. The first-order valence-electron chi connectivity index (χ1n) is 15.1. The van der Waals surface area contributed by atoms with Gasteiger partial charge in [0.1, 0.15) is 18.4 Å². The Balaban J connectivity index is 1.38. The third-order valence-corrected chi connectivity index (χ3v) is 9.66. The van der Waals surface area contributed by atoms with Crippen molar-refractivity contribution in [3.05, 3.63) is 128 Å². The second-order valence-electron chi connectivity index (χ2n) is 11.1. The van der Waals surface area contributed by atoms with Crippen molar-refractivity contribution in [1.29, 1.82) is 0 Å². The SMILES string of the molecule is COc1ccccc1NC(=O)C1=C(C)Nc2nc(SCc3ccccc3Cl)nn2C1c1cc(Br)c(OCc2ccc(C)cc2)c(OC)c1. The lowest BCUT2D eigenvalue weighted by molar-refractivity contribution is -0.113. The van der Waals surface area contributed by atoms with Crippen LogP contribution in [-0.2, 0) is 17.2 Å². The van der Waals surface area contributed by atoms with Gasteiger partial charge in [0.2, 0.25) is 11.1 Å². The first kappa shape index (κ1) is 33.5. The maximum Gasteiger partial charge on any atom is 0.255 e. The number of aryl methyl sites for hydroxylation is 1. The second-order valence-corrected chi connectivity index (χ2v) is 13.3. The molecule has 48 heavy (non-hydrogen) atoms. The highest BCUT2D eigenvalue weighted by Crippen LogP contribution is 2.44. The zero-order valence-electron chi connectivity index (χ0n) is 26.7. The number of halogens is 2. The molecule has 0 aliphatic carbocycles. The van der Waals surface area contributed by atoms with Crippen molar-refractivity contribution in [3.63, 3.8) is 0 Å². The molecular weight excluding hydrogens is 714 g/mol. The van der Waals surface area contributed by atoms with Crippen LogP contribution in [0.5, 0.6) is 17.2 Å². The summed E-state index contributed by atoms with van der Waals surface area (Å²) >= 11 is 11.6. The van der Waals surface area contributed by atoms with Gasteiger partial charge in [-0.1, -0.05) is 83.5 Å². The lowest BCUT2D eigenvalue weighted by Gasteiger charge is -2.29. The van der Waals surface area contributed by atoms with Gasteiger partial charge < -0.3 is 24.8 Å². The van der Waals surface area contributed by atoms with Crippen molar-refractivity contribution in [2.24, 2.45) is 0 Å². The summed E-state index contributed by atoms with van der Waals surface area (Å²) < 4.78 is 20.0. The molecule has 0 spiro atoms. The summed E-state index contributed by atoms with van der Waals surface area (Å²) in [5, 5.41) is 12.4. The number of hydrogen-bond donors (Lipinski definition) is 2. The van der Waals surface area contributed by atoms with Gasteiger partial charge in [-0.3, -0.25) is 4.79 Å². The van der Waals surface area contributed by atoms with Crippen molar-refractivity contribution in [1.82, 2.24) is 14.8 Å². The molecule has 0 bridgehead atoms. The molecule has 0 saturated carbocycles. The number of rotatable bonds is 11. The van der Waals surface area contributed by atoms with E-state index < -0.39 is 6.04 Å². The molecule has 0 fully saturated rings. The molecule has 4 aromatic carbocycles. The maximum absolute atomic E-state index is 14.2. The topological polar surface area (TPSA) is 99.5 Å². The standard InChI is InChI=1S/C36H33BrClN5O4S/c1-21-13-15-23(16-14-21)19-47-33-26(37)17-25(18-30(33)46-4)32-31(34(44)40-28-11-7-8-12-29(28)45-3)22(2)39-35-41-36(42-43(32)35)48-20-24-9-5-6-10-27(24)38/h5-18,32H,19-20H2,1-4H3,(H,40,44)(H,39,41,42). The van der Waals surface area contributed by atoms with Crippen molar-refractivity contribution in [2.75, 3.05) is 24.9 Å². The van der Waals surface area contributed by atoms with Gasteiger partial charge >= 0.3 is 0 Å². The minimum Gasteiger partial charge on any atom is -0.495 e. The minimum absolute atomic E-state index is 0.323. The lowest BCUT2D eigenvalue weighted by Crippen LogP contribution is -2.31. The largest absolute Gasteiger partial charge is 0.495 e. The van der Waals surface area contributed by atoms with E-state index in [-0.39, 0.29) is 5.91 Å². The summed E-state index contributed by atoms with van der Waals surface area (Å²) in [6.45, 7) is 4.25. The van der Waals surface area contributed by atoms with E-state index in [0.29, 0.717) is 67.2 Å². The van der Waals surface area contributed by atoms with Crippen LogP contribution in [-0.4, -0.2) is 34.9 Å². The van der Waals surface area contributed by atoms with Gasteiger partial charge in [-0.2, -0.15) is 4.98 Å². The molecule has 0 radical (unpaired) electrons. The van der Waals surface area contributed by atoms with Gasteiger partial charge in [-0.15, -0.1) is 5.10 Å². The minimum atomic E-state index is -0.672. The Morgan fingerprint density at radius 3 is 2.48 bits per heavy atom. The number of carbonyl (C=O) groups excluding carboxylic acids is 1. The van der Waals surface area contributed by atoms with Crippen LogP contribution in [0.1, 0.15) is 35.2 Å². The number of methoxy groups -OCH3 is 2. The molecule has 1 atom stereocenters. The molecule has 1 aliphatic rings. The summed E-state index contributed by atoms with van der Waals surface area (Å²) in [7, 11) is 3.16. The fourth-order valence-corrected chi connectivity index (χ4v) is 7.06. The molecule has 12 heteroatoms. The van der Waals surface area contributed by atoms with E-state index in [4.69, 9.17) is 35.9 Å². The Labute approximate surface area is 296 Å². The number of aromatic nitrogens is 3. The summed E-state index contributed by atoms with van der Waals surface area (Å²) in [5.74, 6) is 2.35. The highest BCUT2D eigenvalue weighted by atomic mass is 79.9. The number of ether oxygens (including phenoxy) is 3. The monoisotopic (exact) mass is 745 g/mol. The number of anilines is 2. The van der Waals surface area contributed by atoms with Gasteiger partial charge in [-0.05, 0) is 76.8 Å². The van der Waals surface area contributed by atoms with E-state index >= 15 is 0 Å². The molecular formula is C36H33BrClN5O4S. The van der Waals surface area contributed by atoms with E-state index in [1.54, 1.807) is 31.0 Å². The number of thioether (sulfide) groups is 1. The number of amides is 1. The van der Waals surface area contributed by atoms with Gasteiger partial charge in [0, 0.05) is 16.5 Å². The first-order chi connectivity index (χ1) is 23.2. The molecule has 1 unspecified atom stereocenters. The van der Waals surface area contributed by atoms with Crippen LogP contribution in [0.3, 0.4) is 0 Å². The molecule has 1 amide bonds. The Bertz CT molecular complexity index is 2000. The Morgan fingerprint density at radius 2 is 1.73 bits per heavy atom. The molecule has 0 saturated heterocycles. The highest BCUT2D eigenvalue weighted by Gasteiger charge is 2.36. The fourth-order valence-electron chi connectivity index (χ4n) is 5.37. The van der Waals surface area contributed by atoms with Crippen molar-refractivity contribution in [2.45, 2.75) is 37.4 Å². The van der Waals surface area contributed by atoms with Crippen LogP contribution in [0, 0.1) is 6.92 Å². The summed E-state index contributed by atoms with van der Waals surface area (Å²) in [5.41, 5.74) is 5.54.